The summed E-state index contributed by atoms with van der Waals surface area (Å²) < 4.78 is 0. The lowest BCUT2D eigenvalue weighted by atomic mass is 9.95. The van der Waals surface area contributed by atoms with Gasteiger partial charge in [-0.05, 0) is 38.6 Å². The summed E-state index contributed by atoms with van der Waals surface area (Å²) in [6.45, 7) is 1.21. The van der Waals surface area contributed by atoms with E-state index in [0.29, 0.717) is 6.04 Å². The standard InChI is InChI=1S/C17H33NO/c1-18(14-15-12-13-15)16-10-8-6-4-2-3-5-7-9-11-17(16)19/h15-17,19H,2-14H2,1H3. The van der Waals surface area contributed by atoms with Gasteiger partial charge in [0.1, 0.15) is 0 Å². The summed E-state index contributed by atoms with van der Waals surface area (Å²) in [6, 6.07) is 0.417. The van der Waals surface area contributed by atoms with Crippen molar-refractivity contribution in [3.8, 4) is 0 Å². The van der Waals surface area contributed by atoms with Gasteiger partial charge < -0.3 is 10.0 Å². The molecule has 0 aromatic heterocycles. The molecule has 0 aromatic rings. The van der Waals surface area contributed by atoms with Crippen LogP contribution < -0.4 is 0 Å². The highest BCUT2D eigenvalue weighted by Gasteiger charge is 2.29. The maximum Gasteiger partial charge on any atom is 0.0695 e. The van der Waals surface area contributed by atoms with E-state index < -0.39 is 0 Å². The van der Waals surface area contributed by atoms with E-state index in [4.69, 9.17) is 0 Å². The first-order valence-corrected chi connectivity index (χ1v) is 8.65. The van der Waals surface area contributed by atoms with Crippen molar-refractivity contribution < 1.29 is 5.11 Å². The van der Waals surface area contributed by atoms with Gasteiger partial charge in [-0.25, -0.2) is 0 Å². The normalized spacial score (nSPS) is 31.7. The fraction of sp³-hybridized carbons (Fsp3) is 1.00. The molecule has 2 heteroatoms. The van der Waals surface area contributed by atoms with Gasteiger partial charge in [-0.2, -0.15) is 0 Å². The Kier molecular flexibility index (Phi) is 6.66. The average Bonchev–Trinajstić information content (AvgIpc) is 3.17. The van der Waals surface area contributed by atoms with Gasteiger partial charge in [-0.15, -0.1) is 0 Å². The van der Waals surface area contributed by atoms with Gasteiger partial charge >= 0.3 is 0 Å². The van der Waals surface area contributed by atoms with Gasteiger partial charge in [0.2, 0.25) is 0 Å². The highest BCUT2D eigenvalue weighted by molar-refractivity contribution is 4.83. The Balaban J connectivity index is 1.82. The summed E-state index contributed by atoms with van der Waals surface area (Å²) in [6.07, 6.45) is 15.7. The lowest BCUT2D eigenvalue weighted by Crippen LogP contribution is -2.42. The number of hydrogen-bond donors (Lipinski definition) is 1. The van der Waals surface area contributed by atoms with Crippen molar-refractivity contribution in [2.24, 2.45) is 5.92 Å². The minimum atomic E-state index is -0.0943. The van der Waals surface area contributed by atoms with E-state index in [1.54, 1.807) is 0 Å². The molecule has 112 valence electrons. The van der Waals surface area contributed by atoms with E-state index in [1.807, 2.05) is 0 Å². The smallest absolute Gasteiger partial charge is 0.0695 e. The van der Waals surface area contributed by atoms with E-state index in [2.05, 4.69) is 11.9 Å². The van der Waals surface area contributed by atoms with E-state index in [0.717, 1.165) is 12.3 Å². The molecular weight excluding hydrogens is 234 g/mol. The zero-order valence-corrected chi connectivity index (χ0v) is 12.8. The maximum atomic E-state index is 10.5. The molecule has 19 heavy (non-hydrogen) atoms. The van der Waals surface area contributed by atoms with Crippen molar-refractivity contribution >= 4 is 0 Å². The summed E-state index contributed by atoms with van der Waals surface area (Å²) in [5.74, 6) is 0.929. The van der Waals surface area contributed by atoms with Crippen LogP contribution in [0.2, 0.25) is 0 Å². The highest BCUT2D eigenvalue weighted by atomic mass is 16.3. The van der Waals surface area contributed by atoms with Gasteiger partial charge in [0.25, 0.3) is 0 Å². The molecule has 0 aromatic carbocycles. The van der Waals surface area contributed by atoms with Crippen LogP contribution in [-0.4, -0.2) is 35.7 Å². The second-order valence-electron chi connectivity index (χ2n) is 6.92. The van der Waals surface area contributed by atoms with Gasteiger partial charge in [0.05, 0.1) is 6.10 Å². The van der Waals surface area contributed by atoms with E-state index >= 15 is 0 Å². The number of likely N-dealkylation sites (N-methyl/N-ethyl adjacent to an activating group) is 1. The molecular formula is C17H33NO. The second kappa shape index (κ2) is 8.26. The van der Waals surface area contributed by atoms with Crippen molar-refractivity contribution in [2.45, 2.75) is 89.2 Å². The van der Waals surface area contributed by atoms with Crippen LogP contribution in [0.15, 0.2) is 0 Å². The zero-order chi connectivity index (χ0) is 13.5. The Labute approximate surface area is 119 Å². The Morgan fingerprint density at radius 2 is 1.32 bits per heavy atom. The van der Waals surface area contributed by atoms with Crippen LogP contribution in [0.3, 0.4) is 0 Å². The summed E-state index contributed by atoms with van der Waals surface area (Å²) in [4.78, 5) is 2.47. The topological polar surface area (TPSA) is 23.5 Å². The molecule has 2 nitrogen and oxygen atoms in total. The molecule has 2 saturated carbocycles. The van der Waals surface area contributed by atoms with Crippen LogP contribution in [0, 0.1) is 5.92 Å². The fourth-order valence-electron chi connectivity index (χ4n) is 3.51. The molecule has 0 radical (unpaired) electrons. The monoisotopic (exact) mass is 267 g/mol. The molecule has 2 atom stereocenters. The maximum absolute atomic E-state index is 10.5. The molecule has 0 bridgehead atoms. The third-order valence-electron chi connectivity index (χ3n) is 5.00. The van der Waals surface area contributed by atoms with Crippen LogP contribution in [0.5, 0.6) is 0 Å². The number of rotatable bonds is 3. The van der Waals surface area contributed by atoms with Crippen LogP contribution in [0.4, 0.5) is 0 Å². The molecule has 0 heterocycles. The molecule has 0 amide bonds. The minimum Gasteiger partial charge on any atom is -0.391 e. The third-order valence-corrected chi connectivity index (χ3v) is 5.00. The summed E-state index contributed by atoms with van der Waals surface area (Å²) in [5.41, 5.74) is 0. The van der Waals surface area contributed by atoms with Crippen molar-refractivity contribution in [1.82, 2.24) is 4.90 Å². The SMILES string of the molecule is CN(CC1CC1)C1CCCCCCCCCCC1O. The zero-order valence-electron chi connectivity index (χ0n) is 12.8. The van der Waals surface area contributed by atoms with Crippen LogP contribution >= 0.6 is 0 Å². The lowest BCUT2D eigenvalue weighted by Gasteiger charge is -2.32. The summed E-state index contributed by atoms with van der Waals surface area (Å²) >= 11 is 0. The molecule has 2 rings (SSSR count). The van der Waals surface area contributed by atoms with Crippen molar-refractivity contribution in [2.75, 3.05) is 13.6 Å². The van der Waals surface area contributed by atoms with Gasteiger partial charge in [-0.3, -0.25) is 0 Å². The first-order valence-electron chi connectivity index (χ1n) is 8.65. The quantitative estimate of drug-likeness (QED) is 0.836. The van der Waals surface area contributed by atoms with Crippen molar-refractivity contribution in [1.29, 1.82) is 0 Å². The predicted octanol–water partition coefficient (Wildman–Crippen LogP) is 3.97. The largest absolute Gasteiger partial charge is 0.391 e. The van der Waals surface area contributed by atoms with Gasteiger partial charge in [0.15, 0.2) is 0 Å². The van der Waals surface area contributed by atoms with E-state index in [9.17, 15) is 5.11 Å². The molecule has 0 spiro atoms. The fourth-order valence-corrected chi connectivity index (χ4v) is 3.51. The van der Waals surface area contributed by atoms with Crippen LogP contribution in [0.1, 0.15) is 77.0 Å². The molecule has 0 aliphatic heterocycles. The number of aliphatic hydroxyl groups is 1. The number of aliphatic hydroxyl groups excluding tert-OH is 1. The van der Waals surface area contributed by atoms with E-state index in [-0.39, 0.29) is 6.10 Å². The average molecular weight is 267 g/mol. The Morgan fingerprint density at radius 3 is 1.89 bits per heavy atom. The predicted molar refractivity (Wildman–Crippen MR) is 81.3 cm³/mol. The van der Waals surface area contributed by atoms with Crippen LogP contribution in [0.25, 0.3) is 0 Å². The minimum absolute atomic E-state index is 0.0943. The van der Waals surface area contributed by atoms with Gasteiger partial charge in [0, 0.05) is 12.6 Å². The van der Waals surface area contributed by atoms with Crippen molar-refractivity contribution in [3.05, 3.63) is 0 Å². The van der Waals surface area contributed by atoms with Gasteiger partial charge in [-0.1, -0.05) is 51.4 Å². The summed E-state index contributed by atoms with van der Waals surface area (Å²) in [7, 11) is 2.23. The molecule has 2 unspecified atom stereocenters. The molecule has 1 N–H and O–H groups in total. The Hall–Kier alpha value is -0.0800. The first-order chi connectivity index (χ1) is 9.27. The molecule has 2 fully saturated rings. The Morgan fingerprint density at radius 1 is 0.789 bits per heavy atom. The Bertz CT molecular complexity index is 239. The highest BCUT2D eigenvalue weighted by Crippen LogP contribution is 2.31. The number of nitrogens with zero attached hydrogens (tertiary/aromatic N) is 1. The van der Waals surface area contributed by atoms with Crippen LogP contribution in [-0.2, 0) is 0 Å². The molecule has 2 aliphatic rings. The molecule has 2 aliphatic carbocycles. The lowest BCUT2D eigenvalue weighted by molar-refractivity contribution is 0.0463. The second-order valence-corrected chi connectivity index (χ2v) is 6.92. The first kappa shape index (κ1) is 15.3. The van der Waals surface area contributed by atoms with E-state index in [1.165, 1.54) is 77.2 Å². The van der Waals surface area contributed by atoms with Crippen molar-refractivity contribution in [3.63, 3.8) is 0 Å². The molecule has 0 saturated heterocycles. The third kappa shape index (κ3) is 5.83. The number of hydrogen-bond acceptors (Lipinski definition) is 2. The summed E-state index contributed by atoms with van der Waals surface area (Å²) in [5, 5.41) is 10.5.